The normalized spacial score (nSPS) is 15.9. The summed E-state index contributed by atoms with van der Waals surface area (Å²) in [5, 5.41) is 8.98. The van der Waals surface area contributed by atoms with Gasteiger partial charge in [0.2, 0.25) is 0 Å². The van der Waals surface area contributed by atoms with E-state index in [1.807, 2.05) is 12.1 Å². The molecule has 1 aliphatic rings. The summed E-state index contributed by atoms with van der Waals surface area (Å²) in [7, 11) is 6.67. The fraction of sp³-hybridized carbons (Fsp3) is 0.500. The molecule has 2 N–H and O–H groups in total. The predicted octanol–water partition coefficient (Wildman–Crippen LogP) is 2.51. The van der Waals surface area contributed by atoms with Crippen LogP contribution in [-0.4, -0.2) is 72.1 Å². The maximum Gasteiger partial charge on any atom is 0.191 e. The Morgan fingerprint density at radius 2 is 1.84 bits per heavy atom. The molecule has 0 bridgehead atoms. The van der Waals surface area contributed by atoms with Crippen LogP contribution in [0.15, 0.2) is 34.6 Å². The number of nitrogens with one attached hydrogen (secondary N) is 2. The molecule has 31 heavy (non-hydrogen) atoms. The Hall–Kier alpha value is -2.49. The van der Waals surface area contributed by atoms with E-state index in [9.17, 15) is 0 Å². The molecule has 0 spiro atoms. The van der Waals surface area contributed by atoms with Crippen LogP contribution in [-0.2, 0) is 11.3 Å². The molecular formula is C22H32N4O4S. The highest BCUT2D eigenvalue weighted by Crippen LogP contribution is 2.34. The Kier molecular flexibility index (Phi) is 8.81. The molecule has 2 aromatic rings. The van der Waals surface area contributed by atoms with Gasteiger partial charge in [-0.15, -0.1) is 11.3 Å². The summed E-state index contributed by atoms with van der Waals surface area (Å²) in [6, 6.07) is 8.26. The van der Waals surface area contributed by atoms with Gasteiger partial charge in [-0.2, -0.15) is 0 Å². The van der Waals surface area contributed by atoms with Gasteiger partial charge < -0.3 is 29.6 Å². The number of hydrogen-bond donors (Lipinski definition) is 2. The molecule has 2 heterocycles. The molecule has 0 amide bonds. The summed E-state index contributed by atoms with van der Waals surface area (Å²) >= 11 is 1.78. The topological polar surface area (TPSA) is 76.6 Å². The molecule has 1 unspecified atom stereocenters. The van der Waals surface area contributed by atoms with Crippen molar-refractivity contribution in [3.05, 3.63) is 40.1 Å². The molecule has 1 aromatic carbocycles. The first-order valence-corrected chi connectivity index (χ1v) is 11.2. The highest BCUT2D eigenvalue weighted by molar-refractivity contribution is 7.10. The molecule has 9 heteroatoms. The van der Waals surface area contributed by atoms with Gasteiger partial charge in [0.1, 0.15) is 17.2 Å². The third kappa shape index (κ3) is 6.03. The van der Waals surface area contributed by atoms with Crippen LogP contribution < -0.4 is 24.8 Å². The van der Waals surface area contributed by atoms with Crippen molar-refractivity contribution >= 4 is 17.3 Å². The van der Waals surface area contributed by atoms with Gasteiger partial charge in [-0.05, 0) is 11.4 Å². The van der Waals surface area contributed by atoms with Crippen LogP contribution in [0.3, 0.4) is 0 Å². The quantitative estimate of drug-likeness (QED) is 0.451. The number of rotatable bonds is 9. The number of benzene rings is 1. The number of hydrogen-bond acceptors (Lipinski definition) is 7. The van der Waals surface area contributed by atoms with Crippen molar-refractivity contribution in [3.8, 4) is 17.2 Å². The van der Waals surface area contributed by atoms with Crippen LogP contribution in [0.2, 0.25) is 0 Å². The first-order chi connectivity index (χ1) is 15.2. The second-order valence-electron chi connectivity index (χ2n) is 7.00. The summed E-state index contributed by atoms with van der Waals surface area (Å²) in [6.45, 7) is 4.64. The van der Waals surface area contributed by atoms with Crippen molar-refractivity contribution in [3.63, 3.8) is 0 Å². The van der Waals surface area contributed by atoms with E-state index in [0.717, 1.165) is 44.4 Å². The molecule has 8 nitrogen and oxygen atoms in total. The number of guanidine groups is 1. The van der Waals surface area contributed by atoms with Gasteiger partial charge in [-0.3, -0.25) is 9.89 Å². The second-order valence-corrected chi connectivity index (χ2v) is 7.98. The number of thiophene rings is 1. The predicted molar refractivity (Wildman–Crippen MR) is 124 cm³/mol. The minimum absolute atomic E-state index is 0.271. The summed E-state index contributed by atoms with van der Waals surface area (Å²) in [4.78, 5) is 8.19. The van der Waals surface area contributed by atoms with Crippen molar-refractivity contribution in [2.75, 3.05) is 61.2 Å². The maximum atomic E-state index is 5.55. The third-order valence-electron chi connectivity index (χ3n) is 5.29. The zero-order valence-electron chi connectivity index (χ0n) is 18.6. The Balaban J connectivity index is 1.66. The molecule has 1 fully saturated rings. The minimum atomic E-state index is 0.271. The molecule has 170 valence electrons. The van der Waals surface area contributed by atoms with Crippen molar-refractivity contribution in [1.82, 2.24) is 15.5 Å². The summed E-state index contributed by atoms with van der Waals surface area (Å²) in [5.74, 6) is 2.80. The van der Waals surface area contributed by atoms with E-state index in [4.69, 9.17) is 18.9 Å². The van der Waals surface area contributed by atoms with Crippen molar-refractivity contribution in [2.24, 2.45) is 4.99 Å². The first kappa shape index (κ1) is 23.2. The zero-order chi connectivity index (χ0) is 22.1. The van der Waals surface area contributed by atoms with Gasteiger partial charge in [0, 0.05) is 43.7 Å². The number of aliphatic imine (C=N–C) groups is 1. The summed E-state index contributed by atoms with van der Waals surface area (Å²) in [5.41, 5.74) is 0.900. The highest BCUT2D eigenvalue weighted by atomic mass is 32.1. The molecule has 1 aliphatic heterocycles. The Morgan fingerprint density at radius 3 is 2.39 bits per heavy atom. The maximum absolute atomic E-state index is 5.55. The van der Waals surface area contributed by atoms with Crippen LogP contribution in [0.4, 0.5) is 0 Å². The van der Waals surface area contributed by atoms with Crippen molar-refractivity contribution < 1.29 is 18.9 Å². The number of methoxy groups -OCH3 is 3. The van der Waals surface area contributed by atoms with E-state index in [-0.39, 0.29) is 6.04 Å². The second kappa shape index (κ2) is 11.8. The lowest BCUT2D eigenvalue weighted by molar-refractivity contribution is 0.0177. The standard InChI is InChI=1S/C22H32N4O4S/c1-23-22(24-14-17-19(28-3)12-16(27-2)13-20(17)29-4)25-15-18(21-6-5-11-31-21)26-7-9-30-10-8-26/h5-6,11-13,18H,7-10,14-15H2,1-4H3,(H2,23,24,25). The SMILES string of the molecule is CN=C(NCc1c(OC)cc(OC)cc1OC)NCC(c1cccs1)N1CCOCC1. The molecule has 1 atom stereocenters. The zero-order valence-corrected chi connectivity index (χ0v) is 19.5. The Bertz CT molecular complexity index is 813. The average molecular weight is 449 g/mol. The van der Waals surface area contributed by atoms with Gasteiger partial charge in [0.05, 0.1) is 52.7 Å². The fourth-order valence-electron chi connectivity index (χ4n) is 3.62. The molecular weight excluding hydrogens is 416 g/mol. The monoisotopic (exact) mass is 448 g/mol. The largest absolute Gasteiger partial charge is 0.496 e. The van der Waals surface area contributed by atoms with Crippen LogP contribution in [0.1, 0.15) is 16.5 Å². The van der Waals surface area contributed by atoms with Gasteiger partial charge >= 0.3 is 0 Å². The number of nitrogens with zero attached hydrogens (tertiary/aromatic N) is 2. The lowest BCUT2D eigenvalue weighted by Crippen LogP contribution is -2.46. The molecule has 3 rings (SSSR count). The van der Waals surface area contributed by atoms with Gasteiger partial charge in [0.25, 0.3) is 0 Å². The molecule has 0 saturated carbocycles. The molecule has 1 saturated heterocycles. The van der Waals surface area contributed by atoms with E-state index in [0.29, 0.717) is 23.8 Å². The van der Waals surface area contributed by atoms with Gasteiger partial charge in [0.15, 0.2) is 5.96 Å². The highest BCUT2D eigenvalue weighted by Gasteiger charge is 2.23. The van der Waals surface area contributed by atoms with E-state index >= 15 is 0 Å². The third-order valence-corrected chi connectivity index (χ3v) is 6.27. The smallest absolute Gasteiger partial charge is 0.191 e. The van der Waals surface area contributed by atoms with Crippen LogP contribution in [0.25, 0.3) is 0 Å². The van der Waals surface area contributed by atoms with Crippen LogP contribution in [0.5, 0.6) is 17.2 Å². The van der Waals surface area contributed by atoms with E-state index in [2.05, 4.69) is 38.0 Å². The lowest BCUT2D eigenvalue weighted by Gasteiger charge is -2.34. The summed E-state index contributed by atoms with van der Waals surface area (Å²) in [6.07, 6.45) is 0. The number of ether oxygens (including phenoxy) is 4. The van der Waals surface area contributed by atoms with E-state index in [1.165, 1.54) is 4.88 Å². The first-order valence-electron chi connectivity index (χ1n) is 10.3. The summed E-state index contributed by atoms with van der Waals surface area (Å²) < 4.78 is 22.0. The molecule has 0 aliphatic carbocycles. The Morgan fingerprint density at radius 1 is 1.13 bits per heavy atom. The fourth-order valence-corrected chi connectivity index (χ4v) is 4.48. The van der Waals surface area contributed by atoms with E-state index < -0.39 is 0 Å². The minimum Gasteiger partial charge on any atom is -0.496 e. The number of morpholine rings is 1. The molecule has 0 radical (unpaired) electrons. The van der Waals surface area contributed by atoms with Gasteiger partial charge in [-0.25, -0.2) is 0 Å². The van der Waals surface area contributed by atoms with Crippen LogP contribution >= 0.6 is 11.3 Å². The van der Waals surface area contributed by atoms with Crippen molar-refractivity contribution in [2.45, 2.75) is 12.6 Å². The van der Waals surface area contributed by atoms with Gasteiger partial charge in [-0.1, -0.05) is 6.07 Å². The van der Waals surface area contributed by atoms with Crippen molar-refractivity contribution in [1.29, 1.82) is 0 Å². The van der Waals surface area contributed by atoms with E-state index in [1.54, 1.807) is 39.7 Å². The lowest BCUT2D eigenvalue weighted by atomic mass is 10.1. The average Bonchev–Trinajstić information content (AvgIpc) is 3.36. The van der Waals surface area contributed by atoms with Crippen LogP contribution in [0, 0.1) is 0 Å². The Labute approximate surface area is 188 Å². The molecule has 1 aromatic heterocycles.